The van der Waals surface area contributed by atoms with Crippen LogP contribution < -0.4 is 14.8 Å². The zero-order valence-electron chi connectivity index (χ0n) is 11.8. The van der Waals surface area contributed by atoms with Crippen LogP contribution in [0.15, 0.2) is 24.4 Å². The van der Waals surface area contributed by atoms with Gasteiger partial charge in [0.15, 0.2) is 16.6 Å². The summed E-state index contributed by atoms with van der Waals surface area (Å²) in [5, 5.41) is 4.08. The zero-order valence-corrected chi connectivity index (χ0v) is 12.6. The van der Waals surface area contributed by atoms with Gasteiger partial charge in [-0.05, 0) is 12.1 Å². The molecule has 0 radical (unpaired) electrons. The molecule has 0 bridgehead atoms. The van der Waals surface area contributed by atoms with E-state index in [2.05, 4.69) is 10.3 Å². The SMILES string of the molecule is COCCNc1ncc(-c2cccc(OC)c2OC)s1. The number of anilines is 1. The lowest BCUT2D eigenvalue weighted by molar-refractivity contribution is 0.211. The highest BCUT2D eigenvalue weighted by molar-refractivity contribution is 7.18. The number of nitrogens with one attached hydrogen (secondary N) is 1. The average Bonchev–Trinajstić information content (AvgIpc) is 2.95. The van der Waals surface area contributed by atoms with E-state index in [1.807, 2.05) is 24.4 Å². The minimum absolute atomic E-state index is 0.650. The summed E-state index contributed by atoms with van der Waals surface area (Å²) in [5.74, 6) is 1.44. The van der Waals surface area contributed by atoms with Gasteiger partial charge in [0.05, 0.1) is 25.7 Å². The van der Waals surface area contributed by atoms with Gasteiger partial charge in [-0.2, -0.15) is 0 Å². The molecule has 0 aliphatic carbocycles. The molecule has 1 aromatic carbocycles. The lowest BCUT2D eigenvalue weighted by Crippen LogP contribution is -2.06. The van der Waals surface area contributed by atoms with Gasteiger partial charge in [-0.15, -0.1) is 0 Å². The van der Waals surface area contributed by atoms with Crippen molar-refractivity contribution in [2.75, 3.05) is 39.8 Å². The molecule has 0 aliphatic rings. The summed E-state index contributed by atoms with van der Waals surface area (Å²) in [4.78, 5) is 5.38. The summed E-state index contributed by atoms with van der Waals surface area (Å²) in [5.41, 5.74) is 0.976. The second-order valence-corrected chi connectivity index (χ2v) is 5.02. The number of hydrogen-bond donors (Lipinski definition) is 1. The Morgan fingerprint density at radius 2 is 2.05 bits per heavy atom. The Labute approximate surface area is 122 Å². The van der Waals surface area contributed by atoms with Crippen molar-refractivity contribution in [2.45, 2.75) is 0 Å². The minimum Gasteiger partial charge on any atom is -0.493 e. The number of rotatable bonds is 7. The fourth-order valence-electron chi connectivity index (χ4n) is 1.82. The van der Waals surface area contributed by atoms with Gasteiger partial charge in [0, 0.05) is 25.4 Å². The van der Waals surface area contributed by atoms with Crippen molar-refractivity contribution >= 4 is 16.5 Å². The van der Waals surface area contributed by atoms with Crippen LogP contribution in [0.1, 0.15) is 0 Å². The highest BCUT2D eigenvalue weighted by Gasteiger charge is 2.13. The van der Waals surface area contributed by atoms with Crippen molar-refractivity contribution in [3.63, 3.8) is 0 Å². The number of aromatic nitrogens is 1. The first kappa shape index (κ1) is 14.6. The Bertz CT molecular complexity index is 557. The van der Waals surface area contributed by atoms with Gasteiger partial charge in [-0.1, -0.05) is 17.4 Å². The van der Waals surface area contributed by atoms with Crippen LogP contribution in [0.2, 0.25) is 0 Å². The van der Waals surface area contributed by atoms with Crippen molar-refractivity contribution in [1.29, 1.82) is 0 Å². The third-order valence-corrected chi connectivity index (χ3v) is 3.74. The molecule has 1 aromatic heterocycles. The first-order valence-corrected chi connectivity index (χ1v) is 7.01. The Balaban J connectivity index is 2.23. The molecule has 0 spiro atoms. The lowest BCUT2D eigenvalue weighted by atomic mass is 10.1. The molecule has 1 heterocycles. The largest absolute Gasteiger partial charge is 0.493 e. The first-order valence-electron chi connectivity index (χ1n) is 6.20. The van der Waals surface area contributed by atoms with Crippen molar-refractivity contribution in [2.24, 2.45) is 0 Å². The first-order chi connectivity index (χ1) is 9.80. The summed E-state index contributed by atoms with van der Waals surface area (Å²) in [6, 6.07) is 5.81. The molecule has 6 heteroatoms. The van der Waals surface area contributed by atoms with Gasteiger partial charge in [0.25, 0.3) is 0 Å². The van der Waals surface area contributed by atoms with Crippen LogP contribution in [0.25, 0.3) is 10.4 Å². The molecule has 0 aliphatic heterocycles. The lowest BCUT2D eigenvalue weighted by Gasteiger charge is -2.10. The van der Waals surface area contributed by atoms with E-state index < -0.39 is 0 Å². The number of thiazole rings is 1. The topological polar surface area (TPSA) is 52.6 Å². The second kappa shape index (κ2) is 7.12. The van der Waals surface area contributed by atoms with Crippen LogP contribution >= 0.6 is 11.3 Å². The number of para-hydroxylation sites is 1. The second-order valence-electron chi connectivity index (χ2n) is 3.99. The summed E-state index contributed by atoms with van der Waals surface area (Å²) < 4.78 is 15.8. The molecule has 1 N–H and O–H groups in total. The van der Waals surface area contributed by atoms with Gasteiger partial charge < -0.3 is 19.5 Å². The Hall–Kier alpha value is -1.79. The van der Waals surface area contributed by atoms with E-state index in [4.69, 9.17) is 14.2 Å². The third-order valence-electron chi connectivity index (χ3n) is 2.76. The molecule has 0 unspecified atom stereocenters. The quantitative estimate of drug-likeness (QED) is 0.796. The Morgan fingerprint density at radius 3 is 2.75 bits per heavy atom. The molecule has 0 fully saturated rings. The van der Waals surface area contributed by atoms with Crippen LogP contribution in [-0.4, -0.2) is 39.5 Å². The molecule has 0 amide bonds. The summed E-state index contributed by atoms with van der Waals surface area (Å²) in [7, 11) is 4.95. The summed E-state index contributed by atoms with van der Waals surface area (Å²) in [6.07, 6.45) is 1.83. The standard InChI is InChI=1S/C14H18N2O3S/c1-17-8-7-15-14-16-9-12(20-14)10-5-4-6-11(18-2)13(10)19-3/h4-6,9H,7-8H2,1-3H3,(H,15,16). The van der Waals surface area contributed by atoms with Crippen molar-refractivity contribution in [1.82, 2.24) is 4.98 Å². The molecular formula is C14H18N2O3S. The van der Waals surface area contributed by atoms with E-state index >= 15 is 0 Å². The Kier molecular flexibility index (Phi) is 5.20. The van der Waals surface area contributed by atoms with E-state index in [9.17, 15) is 0 Å². The molecule has 0 atom stereocenters. The van der Waals surface area contributed by atoms with Crippen molar-refractivity contribution in [3.8, 4) is 21.9 Å². The molecule has 108 valence electrons. The zero-order chi connectivity index (χ0) is 14.4. The predicted octanol–water partition coefficient (Wildman–Crippen LogP) is 2.89. The maximum absolute atomic E-state index is 5.44. The fraction of sp³-hybridized carbons (Fsp3) is 0.357. The molecule has 0 saturated carbocycles. The highest BCUT2D eigenvalue weighted by atomic mass is 32.1. The van der Waals surface area contributed by atoms with E-state index in [-0.39, 0.29) is 0 Å². The normalized spacial score (nSPS) is 10.3. The van der Waals surface area contributed by atoms with Gasteiger partial charge in [0.2, 0.25) is 0 Å². The maximum atomic E-state index is 5.44. The minimum atomic E-state index is 0.650. The van der Waals surface area contributed by atoms with Gasteiger partial charge >= 0.3 is 0 Å². The summed E-state index contributed by atoms with van der Waals surface area (Å²) >= 11 is 1.57. The molecule has 20 heavy (non-hydrogen) atoms. The predicted molar refractivity (Wildman–Crippen MR) is 81.0 cm³/mol. The monoisotopic (exact) mass is 294 g/mol. The molecular weight excluding hydrogens is 276 g/mol. The number of methoxy groups -OCH3 is 3. The molecule has 2 rings (SSSR count). The number of nitrogens with zero attached hydrogens (tertiary/aromatic N) is 1. The van der Waals surface area contributed by atoms with Gasteiger partial charge in [0.1, 0.15) is 0 Å². The van der Waals surface area contributed by atoms with E-state index in [1.54, 1.807) is 32.7 Å². The van der Waals surface area contributed by atoms with Crippen LogP contribution in [-0.2, 0) is 4.74 Å². The number of benzene rings is 1. The van der Waals surface area contributed by atoms with Gasteiger partial charge in [-0.25, -0.2) is 4.98 Å². The molecule has 2 aromatic rings. The maximum Gasteiger partial charge on any atom is 0.183 e. The van der Waals surface area contributed by atoms with Crippen molar-refractivity contribution in [3.05, 3.63) is 24.4 Å². The van der Waals surface area contributed by atoms with Crippen molar-refractivity contribution < 1.29 is 14.2 Å². The average molecular weight is 294 g/mol. The van der Waals surface area contributed by atoms with Crippen LogP contribution in [0.5, 0.6) is 11.5 Å². The Morgan fingerprint density at radius 1 is 1.20 bits per heavy atom. The third kappa shape index (κ3) is 3.20. The van der Waals surface area contributed by atoms with Gasteiger partial charge in [-0.3, -0.25) is 0 Å². The van der Waals surface area contributed by atoms with E-state index in [1.165, 1.54) is 0 Å². The highest BCUT2D eigenvalue weighted by Crippen LogP contribution is 2.40. The molecule has 0 saturated heterocycles. The van der Waals surface area contributed by atoms with E-state index in [0.717, 1.165) is 27.9 Å². The molecule has 5 nitrogen and oxygen atoms in total. The van der Waals surface area contributed by atoms with Crippen LogP contribution in [0, 0.1) is 0 Å². The number of hydrogen-bond acceptors (Lipinski definition) is 6. The van der Waals surface area contributed by atoms with Crippen LogP contribution in [0.4, 0.5) is 5.13 Å². The summed E-state index contributed by atoms with van der Waals surface area (Å²) in [6.45, 7) is 1.39. The number of ether oxygens (including phenoxy) is 3. The van der Waals surface area contributed by atoms with Crippen LogP contribution in [0.3, 0.4) is 0 Å². The van der Waals surface area contributed by atoms with E-state index in [0.29, 0.717) is 12.4 Å². The fourth-order valence-corrected chi connectivity index (χ4v) is 2.69. The smallest absolute Gasteiger partial charge is 0.183 e.